The van der Waals surface area contributed by atoms with Gasteiger partial charge in [-0.15, -0.1) is 0 Å². The number of aliphatic hydroxyl groups is 1. The minimum absolute atomic E-state index is 0.294. The van der Waals surface area contributed by atoms with Gasteiger partial charge in [-0.3, -0.25) is 0 Å². The number of fused-ring (bicyclic) bond motifs is 1. The second kappa shape index (κ2) is 5.47. The first kappa shape index (κ1) is 13.5. The average molecular weight is 288 g/mol. The van der Waals surface area contributed by atoms with Crippen LogP contribution in [0.3, 0.4) is 0 Å². The molecule has 0 bridgehead atoms. The summed E-state index contributed by atoms with van der Waals surface area (Å²) >= 11 is 6.04. The lowest BCUT2D eigenvalue weighted by Crippen LogP contribution is -2.09. The minimum atomic E-state index is -0.468. The molecule has 0 saturated heterocycles. The van der Waals surface area contributed by atoms with Gasteiger partial charge < -0.3 is 10.4 Å². The summed E-state index contributed by atoms with van der Waals surface area (Å²) in [6.45, 7) is 1.79. The average Bonchev–Trinajstić information content (AvgIpc) is 2.81. The molecule has 2 nitrogen and oxygen atoms in total. The summed E-state index contributed by atoms with van der Waals surface area (Å²) in [7, 11) is 0. The molecular weight excluding hydrogens is 270 g/mol. The number of nitrogens with one attached hydrogen (secondary N) is 1. The Hall–Kier alpha value is -1.51. The molecule has 2 atom stereocenters. The second-order valence-electron chi connectivity index (χ2n) is 5.34. The molecule has 2 aromatic carbocycles. The Morgan fingerprint density at radius 2 is 2.05 bits per heavy atom. The zero-order chi connectivity index (χ0) is 14.1. The van der Waals surface area contributed by atoms with E-state index >= 15 is 0 Å². The fourth-order valence-electron chi connectivity index (χ4n) is 2.92. The lowest BCUT2D eigenvalue weighted by atomic mass is 10.0. The highest BCUT2D eigenvalue weighted by Crippen LogP contribution is 2.36. The summed E-state index contributed by atoms with van der Waals surface area (Å²) in [6.07, 6.45) is 1.64. The SMILES string of the molecule is CC(O)c1ccccc1NC1CCc2cc(Cl)ccc21. The van der Waals surface area contributed by atoms with Crippen molar-refractivity contribution in [3.63, 3.8) is 0 Å². The number of anilines is 1. The summed E-state index contributed by atoms with van der Waals surface area (Å²) in [5, 5.41) is 14.2. The predicted molar refractivity (Wildman–Crippen MR) is 83.2 cm³/mol. The second-order valence-corrected chi connectivity index (χ2v) is 5.78. The van der Waals surface area contributed by atoms with Gasteiger partial charge in [0.25, 0.3) is 0 Å². The van der Waals surface area contributed by atoms with Gasteiger partial charge in [0, 0.05) is 16.3 Å². The van der Waals surface area contributed by atoms with Crippen LogP contribution in [0, 0.1) is 0 Å². The van der Waals surface area contributed by atoms with Crippen molar-refractivity contribution in [3.05, 3.63) is 64.2 Å². The van der Waals surface area contributed by atoms with Crippen LogP contribution in [0.25, 0.3) is 0 Å². The third kappa shape index (κ3) is 2.54. The number of aliphatic hydroxyl groups excluding tert-OH is 1. The van der Waals surface area contributed by atoms with Gasteiger partial charge in [-0.05, 0) is 49.1 Å². The topological polar surface area (TPSA) is 32.3 Å². The predicted octanol–water partition coefficient (Wildman–Crippen LogP) is 4.49. The van der Waals surface area contributed by atoms with Crippen LogP contribution < -0.4 is 5.32 Å². The Bertz CT molecular complexity index is 624. The number of para-hydroxylation sites is 1. The molecule has 0 amide bonds. The highest BCUT2D eigenvalue weighted by Gasteiger charge is 2.23. The molecule has 0 heterocycles. The van der Waals surface area contributed by atoms with Crippen LogP contribution in [-0.4, -0.2) is 5.11 Å². The molecule has 0 spiro atoms. The van der Waals surface area contributed by atoms with Gasteiger partial charge in [-0.1, -0.05) is 35.9 Å². The van der Waals surface area contributed by atoms with Crippen molar-refractivity contribution in [1.29, 1.82) is 0 Å². The molecule has 0 aromatic heterocycles. The smallest absolute Gasteiger partial charge is 0.0781 e. The fraction of sp³-hybridized carbons (Fsp3) is 0.294. The number of aryl methyl sites for hydroxylation is 1. The molecule has 1 aliphatic rings. The first-order valence-electron chi connectivity index (χ1n) is 6.97. The lowest BCUT2D eigenvalue weighted by Gasteiger charge is -2.19. The van der Waals surface area contributed by atoms with Crippen LogP contribution in [0.5, 0.6) is 0 Å². The maximum atomic E-state index is 9.85. The van der Waals surface area contributed by atoms with Crippen LogP contribution in [0.2, 0.25) is 5.02 Å². The van der Waals surface area contributed by atoms with Gasteiger partial charge >= 0.3 is 0 Å². The van der Waals surface area contributed by atoms with E-state index in [9.17, 15) is 5.11 Å². The maximum Gasteiger partial charge on any atom is 0.0781 e. The Balaban J connectivity index is 1.88. The van der Waals surface area contributed by atoms with E-state index in [0.717, 1.165) is 29.1 Å². The van der Waals surface area contributed by atoms with Crippen molar-refractivity contribution < 1.29 is 5.11 Å². The quantitative estimate of drug-likeness (QED) is 0.871. The van der Waals surface area contributed by atoms with Crippen molar-refractivity contribution >= 4 is 17.3 Å². The monoisotopic (exact) mass is 287 g/mol. The summed E-state index contributed by atoms with van der Waals surface area (Å²) in [5.41, 5.74) is 4.59. The molecule has 3 rings (SSSR count). The number of benzene rings is 2. The number of hydrogen-bond donors (Lipinski definition) is 2. The Kier molecular flexibility index (Phi) is 3.68. The summed E-state index contributed by atoms with van der Waals surface area (Å²) in [6, 6.07) is 14.3. The summed E-state index contributed by atoms with van der Waals surface area (Å²) in [5.74, 6) is 0. The minimum Gasteiger partial charge on any atom is -0.389 e. The maximum absolute atomic E-state index is 9.85. The molecule has 2 N–H and O–H groups in total. The molecule has 0 saturated carbocycles. The molecule has 2 unspecified atom stereocenters. The van der Waals surface area contributed by atoms with Gasteiger partial charge in [-0.25, -0.2) is 0 Å². The van der Waals surface area contributed by atoms with Gasteiger partial charge in [-0.2, -0.15) is 0 Å². The summed E-state index contributed by atoms with van der Waals surface area (Å²) < 4.78 is 0. The van der Waals surface area contributed by atoms with Crippen LogP contribution in [0.4, 0.5) is 5.69 Å². The normalized spacial score (nSPS) is 18.6. The van der Waals surface area contributed by atoms with Crippen molar-refractivity contribution in [1.82, 2.24) is 0 Å². The third-order valence-electron chi connectivity index (χ3n) is 3.92. The molecule has 3 heteroatoms. The van der Waals surface area contributed by atoms with Crippen molar-refractivity contribution in [3.8, 4) is 0 Å². The van der Waals surface area contributed by atoms with Gasteiger partial charge in [0.05, 0.1) is 12.1 Å². The van der Waals surface area contributed by atoms with Crippen LogP contribution >= 0.6 is 11.6 Å². The molecule has 0 fully saturated rings. The van der Waals surface area contributed by atoms with Gasteiger partial charge in [0.2, 0.25) is 0 Å². The number of halogens is 1. The number of hydrogen-bond acceptors (Lipinski definition) is 2. The van der Waals surface area contributed by atoms with E-state index in [1.165, 1.54) is 11.1 Å². The highest BCUT2D eigenvalue weighted by atomic mass is 35.5. The first-order chi connectivity index (χ1) is 9.65. The van der Waals surface area contributed by atoms with E-state index in [2.05, 4.69) is 17.4 Å². The van der Waals surface area contributed by atoms with E-state index in [1.807, 2.05) is 30.3 Å². The zero-order valence-corrected chi connectivity index (χ0v) is 12.2. The Morgan fingerprint density at radius 1 is 1.25 bits per heavy atom. The summed E-state index contributed by atoms with van der Waals surface area (Å²) in [4.78, 5) is 0. The molecule has 0 radical (unpaired) electrons. The molecule has 104 valence electrons. The molecule has 1 aliphatic carbocycles. The first-order valence-corrected chi connectivity index (χ1v) is 7.35. The Morgan fingerprint density at radius 3 is 2.85 bits per heavy atom. The van der Waals surface area contributed by atoms with Crippen molar-refractivity contribution in [2.45, 2.75) is 31.9 Å². The fourth-order valence-corrected chi connectivity index (χ4v) is 3.11. The standard InChI is InChI=1S/C17H18ClNO/c1-11(20)14-4-2-3-5-16(14)19-17-9-6-12-10-13(18)7-8-15(12)17/h2-5,7-8,10-11,17,19-20H,6,9H2,1H3. The molecule has 0 aliphatic heterocycles. The van der Waals surface area contributed by atoms with Gasteiger partial charge in [0.1, 0.15) is 0 Å². The third-order valence-corrected chi connectivity index (χ3v) is 4.16. The Labute approximate surface area is 124 Å². The largest absolute Gasteiger partial charge is 0.389 e. The van der Waals surface area contributed by atoms with Crippen LogP contribution in [0.15, 0.2) is 42.5 Å². The van der Waals surface area contributed by atoms with Crippen LogP contribution in [0.1, 0.15) is 42.2 Å². The lowest BCUT2D eigenvalue weighted by molar-refractivity contribution is 0.200. The van der Waals surface area contributed by atoms with Crippen molar-refractivity contribution in [2.24, 2.45) is 0 Å². The van der Waals surface area contributed by atoms with Gasteiger partial charge in [0.15, 0.2) is 0 Å². The number of rotatable bonds is 3. The molecular formula is C17H18ClNO. The van der Waals surface area contributed by atoms with E-state index in [4.69, 9.17) is 11.6 Å². The zero-order valence-electron chi connectivity index (χ0n) is 11.4. The van der Waals surface area contributed by atoms with E-state index in [0.29, 0.717) is 6.04 Å². The molecule has 20 heavy (non-hydrogen) atoms. The molecule has 2 aromatic rings. The van der Waals surface area contributed by atoms with E-state index in [1.54, 1.807) is 6.92 Å². The highest BCUT2D eigenvalue weighted by molar-refractivity contribution is 6.30. The van der Waals surface area contributed by atoms with Crippen LogP contribution in [-0.2, 0) is 6.42 Å². The van der Waals surface area contributed by atoms with E-state index < -0.39 is 6.10 Å². The van der Waals surface area contributed by atoms with E-state index in [-0.39, 0.29) is 0 Å². The van der Waals surface area contributed by atoms with Crippen molar-refractivity contribution in [2.75, 3.05) is 5.32 Å².